The molecule has 0 fully saturated rings. The van der Waals surface area contributed by atoms with Crippen molar-refractivity contribution in [3.8, 4) is 10.4 Å². The predicted molar refractivity (Wildman–Crippen MR) is 125 cm³/mol. The topological polar surface area (TPSA) is 50.4 Å². The molecule has 0 radical (unpaired) electrons. The van der Waals surface area contributed by atoms with Crippen LogP contribution in [0.2, 0.25) is 5.02 Å². The molecule has 0 aliphatic heterocycles. The summed E-state index contributed by atoms with van der Waals surface area (Å²) in [5.74, 6) is -0.366. The van der Waals surface area contributed by atoms with Crippen LogP contribution in [0.4, 0.5) is 5.00 Å². The second-order valence-electron chi connectivity index (χ2n) is 6.20. The average Bonchev–Trinajstić information content (AvgIpc) is 3.13. The Kier molecular flexibility index (Phi) is 7.63. The molecule has 7 heteroatoms. The lowest BCUT2D eigenvalue weighted by molar-refractivity contribution is 0.0528. The van der Waals surface area contributed by atoms with Crippen LogP contribution in [-0.4, -0.2) is 24.2 Å². The van der Waals surface area contributed by atoms with Crippen LogP contribution < -0.4 is 10.6 Å². The van der Waals surface area contributed by atoms with E-state index in [0.717, 1.165) is 22.4 Å². The summed E-state index contributed by atoms with van der Waals surface area (Å²) in [5.41, 5.74) is 2.65. The van der Waals surface area contributed by atoms with Gasteiger partial charge in [0.05, 0.1) is 12.2 Å². The van der Waals surface area contributed by atoms with Crippen LogP contribution in [0.15, 0.2) is 60.7 Å². The highest BCUT2D eigenvalue weighted by atomic mass is 35.5. The molecule has 3 aromatic rings. The number of esters is 1. The highest BCUT2D eigenvalue weighted by Gasteiger charge is 2.19. The van der Waals surface area contributed by atoms with Gasteiger partial charge in [-0.15, -0.1) is 11.3 Å². The van der Waals surface area contributed by atoms with Gasteiger partial charge in [-0.05, 0) is 54.9 Å². The number of ether oxygens (including phenoxy) is 1. The van der Waals surface area contributed by atoms with Crippen LogP contribution in [0.5, 0.6) is 0 Å². The number of rotatable bonds is 7. The van der Waals surface area contributed by atoms with Crippen molar-refractivity contribution in [3.63, 3.8) is 0 Å². The first kappa shape index (κ1) is 21.3. The Bertz CT molecular complexity index is 989. The molecule has 2 N–H and O–H groups in total. The van der Waals surface area contributed by atoms with Gasteiger partial charge < -0.3 is 15.4 Å². The first-order chi connectivity index (χ1) is 14.1. The number of benzene rings is 2. The summed E-state index contributed by atoms with van der Waals surface area (Å²) in [7, 11) is 0. The molecule has 0 aliphatic rings. The number of carbonyl (C=O) groups excluding carboxylic acids is 1. The van der Waals surface area contributed by atoms with E-state index in [1.165, 1.54) is 11.3 Å². The van der Waals surface area contributed by atoms with Gasteiger partial charge in [-0.1, -0.05) is 54.1 Å². The zero-order valence-electron chi connectivity index (χ0n) is 15.9. The maximum Gasteiger partial charge on any atom is 0.341 e. The zero-order chi connectivity index (χ0) is 20.6. The van der Waals surface area contributed by atoms with Crippen LogP contribution in [-0.2, 0) is 11.2 Å². The molecular formula is C22H21ClN2O2S2. The van der Waals surface area contributed by atoms with Gasteiger partial charge in [0.25, 0.3) is 0 Å². The van der Waals surface area contributed by atoms with E-state index in [1.807, 2.05) is 60.7 Å². The molecule has 0 spiro atoms. The van der Waals surface area contributed by atoms with Crippen molar-refractivity contribution in [1.29, 1.82) is 0 Å². The first-order valence-electron chi connectivity index (χ1n) is 9.22. The SMILES string of the molecule is CCOC(=O)c1cc(-c2ccccc2)sc1NC(=S)NCCc1cccc(Cl)c1. The molecule has 0 atom stereocenters. The van der Waals surface area contributed by atoms with E-state index in [9.17, 15) is 4.79 Å². The third kappa shape index (κ3) is 6.03. The fourth-order valence-corrected chi connectivity index (χ4v) is 4.29. The van der Waals surface area contributed by atoms with Gasteiger partial charge in [0, 0.05) is 16.4 Å². The average molecular weight is 445 g/mol. The Labute approximate surface area is 184 Å². The smallest absolute Gasteiger partial charge is 0.341 e. The Morgan fingerprint density at radius 2 is 1.93 bits per heavy atom. The van der Waals surface area contributed by atoms with Gasteiger partial charge >= 0.3 is 5.97 Å². The molecule has 0 saturated carbocycles. The van der Waals surface area contributed by atoms with E-state index in [2.05, 4.69) is 10.6 Å². The van der Waals surface area contributed by atoms with E-state index in [-0.39, 0.29) is 5.97 Å². The van der Waals surface area contributed by atoms with E-state index in [1.54, 1.807) is 6.92 Å². The number of hydrogen-bond donors (Lipinski definition) is 2. The largest absolute Gasteiger partial charge is 0.462 e. The number of anilines is 1. The molecule has 1 aromatic heterocycles. The number of nitrogens with one attached hydrogen (secondary N) is 2. The third-order valence-electron chi connectivity index (χ3n) is 4.10. The van der Waals surface area contributed by atoms with Crippen LogP contribution in [0.25, 0.3) is 10.4 Å². The Morgan fingerprint density at radius 3 is 2.66 bits per heavy atom. The molecule has 150 valence electrons. The quantitative estimate of drug-likeness (QED) is 0.357. The summed E-state index contributed by atoms with van der Waals surface area (Å²) in [4.78, 5) is 13.4. The molecule has 0 bridgehead atoms. The standard InChI is InChI=1S/C22H21ClN2O2S2/c1-2-27-21(26)18-14-19(16-8-4-3-5-9-16)29-20(18)25-22(28)24-12-11-15-7-6-10-17(23)13-15/h3-10,13-14H,2,11-12H2,1H3,(H2,24,25,28). The monoisotopic (exact) mass is 444 g/mol. The molecule has 2 aromatic carbocycles. The third-order valence-corrected chi connectivity index (χ3v) is 5.68. The molecule has 0 unspecified atom stereocenters. The number of thiophene rings is 1. The lowest BCUT2D eigenvalue weighted by Gasteiger charge is -2.10. The Balaban J connectivity index is 1.68. The predicted octanol–water partition coefficient (Wildman–Crippen LogP) is 5.77. The molecule has 3 rings (SSSR count). The summed E-state index contributed by atoms with van der Waals surface area (Å²) in [5, 5.41) is 8.17. The van der Waals surface area contributed by atoms with Crippen LogP contribution in [0.3, 0.4) is 0 Å². The minimum absolute atomic E-state index is 0.317. The van der Waals surface area contributed by atoms with Crippen molar-refractivity contribution < 1.29 is 9.53 Å². The normalized spacial score (nSPS) is 10.4. The van der Waals surface area contributed by atoms with E-state index in [0.29, 0.717) is 33.9 Å². The number of halogens is 1. The highest BCUT2D eigenvalue weighted by Crippen LogP contribution is 2.35. The fraction of sp³-hybridized carbons (Fsp3) is 0.182. The first-order valence-corrected chi connectivity index (χ1v) is 10.8. The van der Waals surface area contributed by atoms with Gasteiger partial charge in [-0.3, -0.25) is 0 Å². The fourth-order valence-electron chi connectivity index (χ4n) is 2.75. The zero-order valence-corrected chi connectivity index (χ0v) is 18.3. The lowest BCUT2D eigenvalue weighted by atomic mass is 10.1. The minimum atomic E-state index is -0.366. The van der Waals surface area contributed by atoms with Crippen molar-refractivity contribution in [2.45, 2.75) is 13.3 Å². The lowest BCUT2D eigenvalue weighted by Crippen LogP contribution is -2.30. The summed E-state index contributed by atoms with van der Waals surface area (Å²) in [6.07, 6.45) is 0.785. The summed E-state index contributed by atoms with van der Waals surface area (Å²) in [6, 6.07) is 19.5. The van der Waals surface area contributed by atoms with E-state index < -0.39 is 0 Å². The summed E-state index contributed by atoms with van der Waals surface area (Å²) >= 11 is 12.9. The summed E-state index contributed by atoms with van der Waals surface area (Å²) < 4.78 is 5.20. The van der Waals surface area contributed by atoms with Crippen LogP contribution >= 0.6 is 35.2 Å². The molecule has 0 amide bonds. The van der Waals surface area contributed by atoms with Crippen molar-refractivity contribution >= 4 is 51.2 Å². The molecule has 4 nitrogen and oxygen atoms in total. The van der Waals surface area contributed by atoms with Gasteiger partial charge in [0.15, 0.2) is 5.11 Å². The van der Waals surface area contributed by atoms with Crippen LogP contribution in [0, 0.1) is 0 Å². The van der Waals surface area contributed by atoms with Crippen LogP contribution in [0.1, 0.15) is 22.8 Å². The number of carbonyl (C=O) groups is 1. The minimum Gasteiger partial charge on any atom is -0.462 e. The van der Waals surface area contributed by atoms with Gasteiger partial charge in [-0.2, -0.15) is 0 Å². The maximum atomic E-state index is 12.4. The van der Waals surface area contributed by atoms with Crippen molar-refractivity contribution in [2.24, 2.45) is 0 Å². The maximum absolute atomic E-state index is 12.4. The van der Waals surface area contributed by atoms with Crippen molar-refractivity contribution in [1.82, 2.24) is 5.32 Å². The Morgan fingerprint density at radius 1 is 1.14 bits per heavy atom. The number of thiocarbonyl (C=S) groups is 1. The molecular weight excluding hydrogens is 424 g/mol. The van der Waals surface area contributed by atoms with E-state index in [4.69, 9.17) is 28.6 Å². The summed E-state index contributed by atoms with van der Waals surface area (Å²) in [6.45, 7) is 2.76. The van der Waals surface area contributed by atoms with Gasteiger partial charge in [-0.25, -0.2) is 4.79 Å². The van der Waals surface area contributed by atoms with E-state index >= 15 is 0 Å². The number of hydrogen-bond acceptors (Lipinski definition) is 4. The second-order valence-corrected chi connectivity index (χ2v) is 8.10. The molecule has 1 heterocycles. The molecule has 0 saturated heterocycles. The Hall–Kier alpha value is -2.41. The van der Waals surface area contributed by atoms with Gasteiger partial charge in [0.1, 0.15) is 5.00 Å². The van der Waals surface area contributed by atoms with Gasteiger partial charge in [0.2, 0.25) is 0 Å². The van der Waals surface area contributed by atoms with Crippen molar-refractivity contribution in [3.05, 3.63) is 76.8 Å². The van der Waals surface area contributed by atoms with Crippen molar-refractivity contribution in [2.75, 3.05) is 18.5 Å². The second kappa shape index (κ2) is 10.4. The molecule has 0 aliphatic carbocycles. The highest BCUT2D eigenvalue weighted by molar-refractivity contribution is 7.80. The molecule has 29 heavy (non-hydrogen) atoms.